The Morgan fingerprint density at radius 2 is 1.80 bits per heavy atom. The molecule has 0 fully saturated rings. The summed E-state index contributed by atoms with van der Waals surface area (Å²) in [5.74, 6) is -3.33. The largest absolute Gasteiger partial charge is 0.480 e. The highest BCUT2D eigenvalue weighted by Crippen LogP contribution is 2.20. The number of carboxylic acids is 1. The molecule has 1 rings (SSSR count). The van der Waals surface area contributed by atoms with Crippen molar-refractivity contribution in [1.29, 1.82) is 0 Å². The quantitative estimate of drug-likeness (QED) is 0.850. The average molecular weight is 308 g/mol. The standard InChI is InChI=1S/C12H9ClF3NO3/c13-8-1-3-9(4-2-8)17(7-11(19)20)6-5-10(18)12(14,15)16/h1-6H,7H2,(H,19,20)/b6-5+. The second-order valence-corrected chi connectivity index (χ2v) is 4.11. The SMILES string of the molecule is O=C(O)CN(/C=C/C(=O)C(F)(F)F)c1ccc(Cl)cc1. The fourth-order valence-corrected chi connectivity index (χ4v) is 1.39. The number of aliphatic carboxylic acids is 1. The molecule has 108 valence electrons. The number of carbonyl (C=O) groups excluding carboxylic acids is 1. The van der Waals surface area contributed by atoms with Crippen molar-refractivity contribution >= 4 is 29.0 Å². The van der Waals surface area contributed by atoms with Crippen LogP contribution in [0.5, 0.6) is 0 Å². The van der Waals surface area contributed by atoms with Crippen LogP contribution >= 0.6 is 11.6 Å². The third-order valence-corrected chi connectivity index (χ3v) is 2.40. The second-order valence-electron chi connectivity index (χ2n) is 3.68. The maximum atomic E-state index is 12.1. The molecule has 0 amide bonds. The highest BCUT2D eigenvalue weighted by Gasteiger charge is 2.36. The Morgan fingerprint density at radius 1 is 1.25 bits per heavy atom. The van der Waals surface area contributed by atoms with Crippen LogP contribution in [-0.4, -0.2) is 29.6 Å². The van der Waals surface area contributed by atoms with E-state index in [4.69, 9.17) is 16.7 Å². The van der Waals surface area contributed by atoms with E-state index in [1.807, 2.05) is 0 Å². The Kier molecular flexibility index (Phi) is 5.15. The van der Waals surface area contributed by atoms with Crippen LogP contribution < -0.4 is 4.90 Å². The Morgan fingerprint density at radius 3 is 2.25 bits per heavy atom. The van der Waals surface area contributed by atoms with Crippen molar-refractivity contribution in [1.82, 2.24) is 0 Å². The number of rotatable bonds is 5. The van der Waals surface area contributed by atoms with Crippen molar-refractivity contribution in [3.8, 4) is 0 Å². The zero-order valence-electron chi connectivity index (χ0n) is 9.89. The number of hydrogen-bond acceptors (Lipinski definition) is 3. The molecule has 4 nitrogen and oxygen atoms in total. The fraction of sp³-hybridized carbons (Fsp3) is 0.167. The van der Waals surface area contributed by atoms with Gasteiger partial charge in [-0.05, 0) is 24.3 Å². The van der Waals surface area contributed by atoms with E-state index in [0.717, 1.165) is 11.1 Å². The molecule has 20 heavy (non-hydrogen) atoms. The van der Waals surface area contributed by atoms with Crippen LogP contribution in [0, 0.1) is 0 Å². The van der Waals surface area contributed by atoms with Gasteiger partial charge in [0.05, 0.1) is 0 Å². The molecule has 0 atom stereocenters. The smallest absolute Gasteiger partial charge is 0.454 e. The van der Waals surface area contributed by atoms with Gasteiger partial charge in [-0.3, -0.25) is 9.59 Å². The highest BCUT2D eigenvalue weighted by molar-refractivity contribution is 6.30. The maximum Gasteiger partial charge on any atom is 0.454 e. The zero-order valence-corrected chi connectivity index (χ0v) is 10.6. The topological polar surface area (TPSA) is 57.6 Å². The van der Waals surface area contributed by atoms with E-state index in [1.54, 1.807) is 0 Å². The van der Waals surface area contributed by atoms with Gasteiger partial charge < -0.3 is 10.0 Å². The maximum absolute atomic E-state index is 12.1. The lowest BCUT2D eigenvalue weighted by atomic mass is 10.3. The van der Waals surface area contributed by atoms with Gasteiger partial charge in [-0.2, -0.15) is 13.2 Å². The molecule has 0 heterocycles. The third-order valence-electron chi connectivity index (χ3n) is 2.15. The zero-order chi connectivity index (χ0) is 15.3. The van der Waals surface area contributed by atoms with Gasteiger partial charge in [-0.25, -0.2) is 0 Å². The van der Waals surface area contributed by atoms with Gasteiger partial charge in [0.2, 0.25) is 0 Å². The van der Waals surface area contributed by atoms with Crippen molar-refractivity contribution < 1.29 is 27.9 Å². The van der Waals surface area contributed by atoms with E-state index in [0.29, 0.717) is 10.7 Å². The molecule has 0 unspecified atom stereocenters. The molecule has 1 aromatic carbocycles. The number of ketones is 1. The van der Waals surface area contributed by atoms with E-state index in [1.165, 1.54) is 24.3 Å². The number of halogens is 4. The van der Waals surface area contributed by atoms with E-state index in [-0.39, 0.29) is 6.08 Å². The predicted octanol–water partition coefficient (Wildman–Crippen LogP) is 2.88. The highest BCUT2D eigenvalue weighted by atomic mass is 35.5. The van der Waals surface area contributed by atoms with Crippen LogP contribution in [0.3, 0.4) is 0 Å². The molecule has 0 radical (unpaired) electrons. The van der Waals surface area contributed by atoms with Gasteiger partial charge in [0, 0.05) is 23.0 Å². The third kappa shape index (κ3) is 4.93. The van der Waals surface area contributed by atoms with Crippen LogP contribution in [0.4, 0.5) is 18.9 Å². The first kappa shape index (κ1) is 16.0. The number of benzene rings is 1. The van der Waals surface area contributed by atoms with E-state index >= 15 is 0 Å². The molecule has 1 aromatic rings. The summed E-state index contributed by atoms with van der Waals surface area (Å²) >= 11 is 5.65. The van der Waals surface area contributed by atoms with Crippen LogP contribution in [0.1, 0.15) is 0 Å². The average Bonchev–Trinajstić information content (AvgIpc) is 2.33. The van der Waals surface area contributed by atoms with Crippen LogP contribution in [0.25, 0.3) is 0 Å². The Labute approximate surface area is 117 Å². The summed E-state index contributed by atoms with van der Waals surface area (Å²) in [7, 11) is 0. The van der Waals surface area contributed by atoms with Crippen molar-refractivity contribution in [2.75, 3.05) is 11.4 Å². The molecule has 0 bridgehead atoms. The minimum Gasteiger partial charge on any atom is -0.480 e. The van der Waals surface area contributed by atoms with E-state index in [9.17, 15) is 22.8 Å². The van der Waals surface area contributed by atoms with Gasteiger partial charge in [-0.1, -0.05) is 11.6 Å². The van der Waals surface area contributed by atoms with E-state index in [2.05, 4.69) is 0 Å². The minimum absolute atomic E-state index is 0.275. The minimum atomic E-state index is -4.99. The molecule has 0 saturated heterocycles. The second kappa shape index (κ2) is 6.42. The summed E-state index contributed by atoms with van der Waals surface area (Å²) in [4.78, 5) is 22.4. The summed E-state index contributed by atoms with van der Waals surface area (Å²) in [5.41, 5.74) is 0.294. The number of alkyl halides is 3. The summed E-state index contributed by atoms with van der Waals surface area (Å²) in [6.45, 7) is -0.594. The van der Waals surface area contributed by atoms with Crippen molar-refractivity contribution in [2.24, 2.45) is 0 Å². The van der Waals surface area contributed by atoms with Crippen molar-refractivity contribution in [2.45, 2.75) is 6.18 Å². The molecule has 0 saturated carbocycles. The molecule has 0 aromatic heterocycles. The molecule has 0 spiro atoms. The number of hydrogen-bond donors (Lipinski definition) is 1. The van der Waals surface area contributed by atoms with Gasteiger partial charge >= 0.3 is 12.1 Å². The van der Waals surface area contributed by atoms with Gasteiger partial charge in [0.15, 0.2) is 0 Å². The molecular weight excluding hydrogens is 299 g/mol. The first-order valence-electron chi connectivity index (χ1n) is 5.23. The number of allylic oxidation sites excluding steroid dienone is 1. The Bertz CT molecular complexity index is 526. The molecule has 0 aliphatic carbocycles. The molecular formula is C12H9ClF3NO3. The van der Waals surface area contributed by atoms with Crippen LogP contribution in [-0.2, 0) is 9.59 Å². The lowest BCUT2D eigenvalue weighted by Crippen LogP contribution is -2.26. The Balaban J connectivity index is 2.96. The molecule has 8 heteroatoms. The van der Waals surface area contributed by atoms with Crippen LogP contribution in [0.15, 0.2) is 36.5 Å². The lowest BCUT2D eigenvalue weighted by molar-refractivity contribution is -0.165. The predicted molar refractivity (Wildman–Crippen MR) is 66.6 cm³/mol. The fourth-order valence-electron chi connectivity index (χ4n) is 1.26. The van der Waals surface area contributed by atoms with Gasteiger partial charge in [-0.15, -0.1) is 0 Å². The monoisotopic (exact) mass is 307 g/mol. The first-order chi connectivity index (χ1) is 9.20. The van der Waals surface area contributed by atoms with Crippen LogP contribution in [0.2, 0.25) is 5.02 Å². The summed E-state index contributed by atoms with van der Waals surface area (Å²) in [6.07, 6.45) is -3.95. The normalized spacial score (nSPS) is 11.6. The summed E-state index contributed by atoms with van der Waals surface area (Å²) in [5, 5.41) is 9.10. The van der Waals surface area contributed by atoms with Crippen molar-refractivity contribution in [3.05, 3.63) is 41.6 Å². The molecule has 1 N–H and O–H groups in total. The number of anilines is 1. The molecule has 0 aliphatic heterocycles. The first-order valence-corrected chi connectivity index (χ1v) is 5.61. The number of carbonyl (C=O) groups is 2. The van der Waals surface area contributed by atoms with Gasteiger partial charge in [0.1, 0.15) is 6.54 Å². The van der Waals surface area contributed by atoms with Gasteiger partial charge in [0.25, 0.3) is 5.78 Å². The summed E-state index contributed by atoms with van der Waals surface area (Å²) < 4.78 is 36.2. The van der Waals surface area contributed by atoms with Crippen molar-refractivity contribution in [3.63, 3.8) is 0 Å². The summed E-state index contributed by atoms with van der Waals surface area (Å²) in [6, 6.07) is 5.75. The Hall–Kier alpha value is -2.02. The number of carboxylic acid groups (broad SMARTS) is 1. The van der Waals surface area contributed by atoms with E-state index < -0.39 is 24.5 Å². The lowest BCUT2D eigenvalue weighted by Gasteiger charge is -2.18. The number of nitrogens with zero attached hydrogens (tertiary/aromatic N) is 1. The molecule has 0 aliphatic rings.